The summed E-state index contributed by atoms with van der Waals surface area (Å²) in [4.78, 5) is 0. The average Bonchev–Trinajstić information content (AvgIpc) is 2.40. The van der Waals surface area contributed by atoms with Crippen molar-refractivity contribution in [3.8, 4) is 11.5 Å². The molecule has 0 unspecified atom stereocenters. The molecular formula is C16H27NO2. The SMILES string of the molecule is CCCCCCCCNCCc1cc(O)ccc1O. The molecule has 0 aliphatic heterocycles. The first kappa shape index (κ1) is 15.8. The topological polar surface area (TPSA) is 52.5 Å². The summed E-state index contributed by atoms with van der Waals surface area (Å²) in [5.74, 6) is 0.475. The first-order chi connectivity index (χ1) is 9.24. The molecule has 0 heterocycles. The van der Waals surface area contributed by atoms with Gasteiger partial charge in [-0.1, -0.05) is 39.0 Å². The van der Waals surface area contributed by atoms with Crippen molar-refractivity contribution in [1.29, 1.82) is 0 Å². The second kappa shape index (κ2) is 9.68. The van der Waals surface area contributed by atoms with Crippen LogP contribution in [0.25, 0.3) is 0 Å². The highest BCUT2D eigenvalue weighted by Crippen LogP contribution is 2.22. The predicted molar refractivity (Wildman–Crippen MR) is 79.7 cm³/mol. The van der Waals surface area contributed by atoms with E-state index in [4.69, 9.17) is 0 Å². The maximum Gasteiger partial charge on any atom is 0.119 e. The Hall–Kier alpha value is -1.22. The molecule has 0 fully saturated rings. The highest BCUT2D eigenvalue weighted by molar-refractivity contribution is 5.38. The summed E-state index contributed by atoms with van der Waals surface area (Å²) in [6, 6.07) is 4.67. The first-order valence-corrected chi connectivity index (χ1v) is 7.45. The van der Waals surface area contributed by atoms with Crippen LogP contribution in [0.15, 0.2) is 18.2 Å². The third kappa shape index (κ3) is 7.06. The van der Waals surface area contributed by atoms with Crippen LogP contribution in [0, 0.1) is 0 Å². The van der Waals surface area contributed by atoms with Gasteiger partial charge in [0.25, 0.3) is 0 Å². The molecule has 0 bridgehead atoms. The van der Waals surface area contributed by atoms with Crippen molar-refractivity contribution >= 4 is 0 Å². The molecule has 1 rings (SSSR count). The van der Waals surface area contributed by atoms with Crippen LogP contribution >= 0.6 is 0 Å². The molecule has 3 N–H and O–H groups in total. The molecule has 3 heteroatoms. The van der Waals surface area contributed by atoms with E-state index in [1.54, 1.807) is 12.1 Å². The Kier molecular flexibility index (Phi) is 8.07. The smallest absolute Gasteiger partial charge is 0.119 e. The Labute approximate surface area is 116 Å². The van der Waals surface area contributed by atoms with E-state index < -0.39 is 0 Å². The third-order valence-corrected chi connectivity index (χ3v) is 3.34. The minimum atomic E-state index is 0.212. The van der Waals surface area contributed by atoms with Gasteiger partial charge in [-0.25, -0.2) is 0 Å². The number of hydrogen-bond donors (Lipinski definition) is 3. The Morgan fingerprint density at radius 1 is 0.947 bits per heavy atom. The summed E-state index contributed by atoms with van der Waals surface area (Å²) in [5.41, 5.74) is 0.801. The molecule has 0 radical (unpaired) electrons. The second-order valence-electron chi connectivity index (χ2n) is 5.08. The minimum Gasteiger partial charge on any atom is -0.508 e. The standard InChI is InChI=1S/C16H27NO2/c1-2-3-4-5-6-7-11-17-12-10-14-13-15(18)8-9-16(14)19/h8-9,13,17-19H,2-7,10-12H2,1H3. The van der Waals surface area contributed by atoms with Crippen LogP contribution in [0.4, 0.5) is 0 Å². The maximum atomic E-state index is 9.62. The van der Waals surface area contributed by atoms with Gasteiger partial charge in [-0.05, 0) is 49.7 Å². The molecule has 0 aromatic heterocycles. The lowest BCUT2D eigenvalue weighted by atomic mass is 10.1. The summed E-state index contributed by atoms with van der Waals surface area (Å²) in [6.45, 7) is 4.11. The van der Waals surface area contributed by atoms with Gasteiger partial charge in [0.1, 0.15) is 11.5 Å². The number of phenols is 2. The lowest BCUT2D eigenvalue weighted by Crippen LogP contribution is -2.18. The van der Waals surface area contributed by atoms with E-state index in [1.165, 1.54) is 44.6 Å². The lowest BCUT2D eigenvalue weighted by molar-refractivity contribution is 0.453. The number of hydrogen-bond acceptors (Lipinski definition) is 3. The number of unbranched alkanes of at least 4 members (excludes halogenated alkanes) is 5. The van der Waals surface area contributed by atoms with Crippen LogP contribution in [-0.4, -0.2) is 23.3 Å². The minimum absolute atomic E-state index is 0.212. The van der Waals surface area contributed by atoms with Crippen molar-refractivity contribution in [2.45, 2.75) is 51.9 Å². The molecule has 108 valence electrons. The van der Waals surface area contributed by atoms with Crippen molar-refractivity contribution in [1.82, 2.24) is 5.32 Å². The molecule has 1 aromatic carbocycles. The lowest BCUT2D eigenvalue weighted by Gasteiger charge is -2.07. The molecule has 3 nitrogen and oxygen atoms in total. The second-order valence-corrected chi connectivity index (χ2v) is 5.08. The molecule has 19 heavy (non-hydrogen) atoms. The van der Waals surface area contributed by atoms with Crippen molar-refractivity contribution in [3.63, 3.8) is 0 Å². The van der Waals surface area contributed by atoms with Gasteiger partial charge in [-0.3, -0.25) is 0 Å². The zero-order valence-corrected chi connectivity index (χ0v) is 12.0. The van der Waals surface area contributed by atoms with Gasteiger partial charge in [0.15, 0.2) is 0 Å². The van der Waals surface area contributed by atoms with Gasteiger partial charge in [-0.15, -0.1) is 0 Å². The zero-order chi connectivity index (χ0) is 13.9. The van der Waals surface area contributed by atoms with Gasteiger partial charge in [0.2, 0.25) is 0 Å². The fourth-order valence-corrected chi connectivity index (χ4v) is 2.15. The molecule has 0 saturated heterocycles. The van der Waals surface area contributed by atoms with Crippen LogP contribution in [0.2, 0.25) is 0 Å². The Bertz CT molecular complexity index is 353. The highest BCUT2D eigenvalue weighted by Gasteiger charge is 2.01. The number of benzene rings is 1. The number of rotatable bonds is 10. The Morgan fingerprint density at radius 2 is 1.68 bits per heavy atom. The van der Waals surface area contributed by atoms with E-state index in [-0.39, 0.29) is 11.5 Å². The van der Waals surface area contributed by atoms with E-state index in [1.807, 2.05) is 0 Å². The molecule has 0 aliphatic rings. The van der Waals surface area contributed by atoms with E-state index in [2.05, 4.69) is 12.2 Å². The molecule has 1 aromatic rings. The fourth-order valence-electron chi connectivity index (χ4n) is 2.15. The third-order valence-electron chi connectivity index (χ3n) is 3.34. The van der Waals surface area contributed by atoms with Crippen molar-refractivity contribution in [3.05, 3.63) is 23.8 Å². The molecule has 0 saturated carbocycles. The normalized spacial score (nSPS) is 10.8. The summed E-state index contributed by atoms with van der Waals surface area (Å²) in [5, 5.41) is 22.3. The van der Waals surface area contributed by atoms with Crippen molar-refractivity contribution in [2.75, 3.05) is 13.1 Å². The average molecular weight is 265 g/mol. The molecule has 0 aliphatic carbocycles. The summed E-state index contributed by atoms with van der Waals surface area (Å²) >= 11 is 0. The zero-order valence-electron chi connectivity index (χ0n) is 12.0. The van der Waals surface area contributed by atoms with E-state index in [9.17, 15) is 10.2 Å². The molecule has 0 amide bonds. The summed E-state index contributed by atoms with van der Waals surface area (Å²) in [7, 11) is 0. The quantitative estimate of drug-likeness (QED) is 0.447. The first-order valence-electron chi connectivity index (χ1n) is 7.45. The maximum absolute atomic E-state index is 9.62. The highest BCUT2D eigenvalue weighted by atomic mass is 16.3. The van der Waals surface area contributed by atoms with Crippen LogP contribution < -0.4 is 5.32 Å². The Morgan fingerprint density at radius 3 is 2.47 bits per heavy atom. The van der Waals surface area contributed by atoms with Crippen LogP contribution in [-0.2, 0) is 6.42 Å². The van der Waals surface area contributed by atoms with E-state index >= 15 is 0 Å². The fraction of sp³-hybridized carbons (Fsp3) is 0.625. The van der Waals surface area contributed by atoms with E-state index in [0.717, 1.165) is 25.1 Å². The largest absolute Gasteiger partial charge is 0.508 e. The molecule has 0 atom stereocenters. The van der Waals surface area contributed by atoms with E-state index in [0.29, 0.717) is 0 Å². The van der Waals surface area contributed by atoms with Crippen LogP contribution in [0.1, 0.15) is 51.0 Å². The van der Waals surface area contributed by atoms with Crippen molar-refractivity contribution < 1.29 is 10.2 Å². The summed E-state index contributed by atoms with van der Waals surface area (Å²) < 4.78 is 0. The van der Waals surface area contributed by atoms with Crippen molar-refractivity contribution in [2.24, 2.45) is 0 Å². The number of nitrogens with one attached hydrogen (secondary N) is 1. The van der Waals surface area contributed by atoms with Gasteiger partial charge in [-0.2, -0.15) is 0 Å². The van der Waals surface area contributed by atoms with Gasteiger partial charge in [0, 0.05) is 0 Å². The van der Waals surface area contributed by atoms with Crippen LogP contribution in [0.5, 0.6) is 11.5 Å². The van der Waals surface area contributed by atoms with Crippen LogP contribution in [0.3, 0.4) is 0 Å². The summed E-state index contributed by atoms with van der Waals surface area (Å²) in [6.07, 6.45) is 8.60. The van der Waals surface area contributed by atoms with Gasteiger partial charge < -0.3 is 15.5 Å². The van der Waals surface area contributed by atoms with Gasteiger partial charge in [0.05, 0.1) is 0 Å². The number of phenolic OH excluding ortho intramolecular Hbond substituents is 2. The molecular weight excluding hydrogens is 238 g/mol. The predicted octanol–water partition coefficient (Wildman–Crippen LogP) is 3.59. The number of aromatic hydroxyl groups is 2. The Balaban J connectivity index is 2.03. The monoisotopic (exact) mass is 265 g/mol. The van der Waals surface area contributed by atoms with Gasteiger partial charge >= 0.3 is 0 Å². The molecule has 0 spiro atoms.